The fraction of sp³-hybridized carbons (Fsp3) is 0.600. The van der Waals surface area contributed by atoms with Crippen molar-refractivity contribution in [3.8, 4) is 11.3 Å². The lowest BCUT2D eigenvalue weighted by molar-refractivity contribution is -0.718. The molecule has 2 atom stereocenters. The molecule has 4 saturated carbocycles. The summed E-state index contributed by atoms with van der Waals surface area (Å²) in [6.07, 6.45) is 8.52. The van der Waals surface area contributed by atoms with Gasteiger partial charge in [0, 0.05) is 11.0 Å². The molecule has 1 aromatic carbocycles. The molecule has 2 aromatic rings. The summed E-state index contributed by atoms with van der Waals surface area (Å²) in [5.74, 6) is 5.03. The summed E-state index contributed by atoms with van der Waals surface area (Å²) in [6, 6.07) is 12.9. The molecule has 1 aromatic heterocycles. The molecular weight excluding hydrogens is 346 g/mol. The van der Waals surface area contributed by atoms with E-state index >= 15 is 0 Å². The van der Waals surface area contributed by atoms with Gasteiger partial charge in [-0.05, 0) is 87.8 Å². The molecule has 0 spiro atoms. The molecule has 150 valence electrons. The highest BCUT2D eigenvalue weighted by molar-refractivity contribution is 5.58. The van der Waals surface area contributed by atoms with E-state index in [1.54, 1.807) is 6.92 Å². The molecule has 28 heavy (non-hydrogen) atoms. The molecule has 0 unspecified atom stereocenters. The standard InChI is InChI=1S/C25H33NO2/c1-16(27)21-3-5-22(6-4-21)24-8-7-23(28-24)15-26-17(2)25-12-18-9-19(13-25)11-20(10-18)14-25/h3-8,16-20,26-27H,9-15H2,1-2H3/p+1/t16-,17+,18?,19?,20?,25?/m0/s1. The molecule has 0 aliphatic heterocycles. The Labute approximate surface area is 168 Å². The first-order chi connectivity index (χ1) is 13.5. The third kappa shape index (κ3) is 3.33. The first kappa shape index (κ1) is 18.4. The quantitative estimate of drug-likeness (QED) is 0.765. The van der Waals surface area contributed by atoms with Crippen LogP contribution in [0.3, 0.4) is 0 Å². The Morgan fingerprint density at radius 3 is 2.14 bits per heavy atom. The van der Waals surface area contributed by atoms with Gasteiger partial charge in [-0.15, -0.1) is 0 Å². The molecule has 4 bridgehead atoms. The molecular formula is C25H34NO2+. The highest BCUT2D eigenvalue weighted by Gasteiger charge is 2.54. The average Bonchev–Trinajstić information content (AvgIpc) is 3.14. The minimum atomic E-state index is -0.429. The number of quaternary nitrogens is 1. The lowest BCUT2D eigenvalue weighted by atomic mass is 9.48. The second-order valence-electron chi connectivity index (χ2n) is 10.1. The molecule has 0 amide bonds. The normalized spacial score (nSPS) is 33.2. The Kier molecular flexibility index (Phi) is 4.64. The number of aliphatic hydroxyl groups is 1. The monoisotopic (exact) mass is 380 g/mol. The maximum atomic E-state index is 9.67. The summed E-state index contributed by atoms with van der Waals surface area (Å²) < 4.78 is 6.15. The summed E-state index contributed by atoms with van der Waals surface area (Å²) in [5, 5.41) is 12.2. The lowest BCUT2D eigenvalue weighted by Crippen LogP contribution is -2.91. The van der Waals surface area contributed by atoms with Crippen molar-refractivity contribution in [3.05, 3.63) is 47.7 Å². The van der Waals surface area contributed by atoms with Crippen molar-refractivity contribution in [1.82, 2.24) is 0 Å². The second-order valence-corrected chi connectivity index (χ2v) is 10.1. The summed E-state index contributed by atoms with van der Waals surface area (Å²) in [4.78, 5) is 0. The van der Waals surface area contributed by atoms with Crippen molar-refractivity contribution in [2.75, 3.05) is 0 Å². The van der Waals surface area contributed by atoms with Gasteiger partial charge >= 0.3 is 0 Å². The topological polar surface area (TPSA) is 50.0 Å². The van der Waals surface area contributed by atoms with Gasteiger partial charge < -0.3 is 14.8 Å². The SMILES string of the molecule is C[C@H](O)c1ccc(-c2ccc(C[NH2+][C@H](C)C34CC5CC(CC(C5)C3)C4)o2)cc1. The molecule has 0 saturated heterocycles. The van der Waals surface area contributed by atoms with Crippen LogP contribution in [0.1, 0.15) is 69.8 Å². The van der Waals surface area contributed by atoms with Gasteiger partial charge in [-0.3, -0.25) is 0 Å². The predicted octanol–water partition coefficient (Wildman–Crippen LogP) is 4.67. The number of benzene rings is 1. The zero-order valence-electron chi connectivity index (χ0n) is 17.2. The zero-order valence-corrected chi connectivity index (χ0v) is 17.2. The van der Waals surface area contributed by atoms with Gasteiger partial charge in [0.2, 0.25) is 0 Å². The van der Waals surface area contributed by atoms with E-state index < -0.39 is 6.10 Å². The average molecular weight is 381 g/mol. The van der Waals surface area contributed by atoms with E-state index in [9.17, 15) is 5.11 Å². The Hall–Kier alpha value is -1.58. The van der Waals surface area contributed by atoms with E-state index in [1.807, 2.05) is 24.3 Å². The number of hydrogen-bond acceptors (Lipinski definition) is 2. The number of furan rings is 1. The Balaban J connectivity index is 1.23. The molecule has 3 nitrogen and oxygen atoms in total. The van der Waals surface area contributed by atoms with Crippen LogP contribution < -0.4 is 5.32 Å². The van der Waals surface area contributed by atoms with E-state index in [-0.39, 0.29) is 0 Å². The Morgan fingerprint density at radius 1 is 0.964 bits per heavy atom. The first-order valence-electron chi connectivity index (χ1n) is 11.2. The van der Waals surface area contributed by atoms with Gasteiger partial charge in [-0.1, -0.05) is 24.3 Å². The summed E-state index contributed by atoms with van der Waals surface area (Å²) in [6.45, 7) is 5.18. The summed E-state index contributed by atoms with van der Waals surface area (Å²) >= 11 is 0. The van der Waals surface area contributed by atoms with Crippen molar-refractivity contribution in [2.24, 2.45) is 23.2 Å². The fourth-order valence-electron chi connectivity index (χ4n) is 6.85. The van der Waals surface area contributed by atoms with Crippen molar-refractivity contribution < 1.29 is 14.8 Å². The van der Waals surface area contributed by atoms with Gasteiger partial charge in [-0.25, -0.2) is 0 Å². The van der Waals surface area contributed by atoms with Crippen LogP contribution in [0, 0.1) is 23.2 Å². The largest absolute Gasteiger partial charge is 0.455 e. The third-order valence-corrected chi connectivity index (χ3v) is 8.06. The number of rotatable bonds is 6. The van der Waals surface area contributed by atoms with E-state index in [4.69, 9.17) is 4.42 Å². The number of hydrogen-bond donors (Lipinski definition) is 2. The molecule has 4 fully saturated rings. The molecule has 3 heteroatoms. The van der Waals surface area contributed by atoms with Crippen LogP contribution in [0.5, 0.6) is 0 Å². The zero-order chi connectivity index (χ0) is 19.3. The van der Waals surface area contributed by atoms with Crippen molar-refractivity contribution in [2.45, 2.75) is 71.1 Å². The van der Waals surface area contributed by atoms with Crippen LogP contribution in [0.4, 0.5) is 0 Å². The summed E-state index contributed by atoms with van der Waals surface area (Å²) in [7, 11) is 0. The van der Waals surface area contributed by atoms with E-state index in [2.05, 4.69) is 24.4 Å². The van der Waals surface area contributed by atoms with Crippen LogP contribution in [0.2, 0.25) is 0 Å². The molecule has 4 aliphatic rings. The third-order valence-electron chi connectivity index (χ3n) is 8.06. The van der Waals surface area contributed by atoms with E-state index in [0.717, 1.165) is 46.9 Å². The van der Waals surface area contributed by atoms with Crippen LogP contribution in [-0.2, 0) is 6.54 Å². The van der Waals surface area contributed by atoms with Crippen LogP contribution in [0.25, 0.3) is 11.3 Å². The van der Waals surface area contributed by atoms with Gasteiger partial charge in [0.1, 0.15) is 12.3 Å². The highest BCUT2D eigenvalue weighted by Crippen LogP contribution is 2.60. The Bertz CT molecular complexity index is 784. The van der Waals surface area contributed by atoms with Crippen molar-refractivity contribution in [3.63, 3.8) is 0 Å². The fourth-order valence-corrected chi connectivity index (χ4v) is 6.85. The van der Waals surface area contributed by atoms with Gasteiger partial charge in [0.25, 0.3) is 0 Å². The van der Waals surface area contributed by atoms with E-state index in [1.165, 1.54) is 38.5 Å². The molecule has 6 rings (SSSR count). The van der Waals surface area contributed by atoms with Crippen LogP contribution in [-0.4, -0.2) is 11.1 Å². The smallest absolute Gasteiger partial charge is 0.158 e. The molecule has 3 N–H and O–H groups in total. The van der Waals surface area contributed by atoms with Gasteiger partial charge in [0.05, 0.1) is 12.1 Å². The molecule has 4 aliphatic carbocycles. The van der Waals surface area contributed by atoms with E-state index in [0.29, 0.717) is 11.5 Å². The van der Waals surface area contributed by atoms with Gasteiger partial charge in [-0.2, -0.15) is 0 Å². The number of aliphatic hydroxyl groups excluding tert-OH is 1. The van der Waals surface area contributed by atoms with Crippen molar-refractivity contribution >= 4 is 0 Å². The Morgan fingerprint density at radius 2 is 1.57 bits per heavy atom. The second kappa shape index (κ2) is 7.03. The summed E-state index contributed by atoms with van der Waals surface area (Å²) in [5.41, 5.74) is 2.60. The maximum Gasteiger partial charge on any atom is 0.158 e. The molecule has 1 heterocycles. The first-order valence-corrected chi connectivity index (χ1v) is 11.2. The molecule has 0 radical (unpaired) electrons. The lowest BCUT2D eigenvalue weighted by Gasteiger charge is -2.57. The minimum Gasteiger partial charge on any atom is -0.455 e. The predicted molar refractivity (Wildman–Crippen MR) is 110 cm³/mol. The highest BCUT2D eigenvalue weighted by atomic mass is 16.3. The number of nitrogens with two attached hydrogens (primary N) is 1. The maximum absolute atomic E-state index is 9.67. The van der Waals surface area contributed by atoms with Crippen LogP contribution >= 0.6 is 0 Å². The van der Waals surface area contributed by atoms with Gasteiger partial charge in [0.15, 0.2) is 5.76 Å². The van der Waals surface area contributed by atoms with Crippen molar-refractivity contribution in [1.29, 1.82) is 0 Å². The van der Waals surface area contributed by atoms with Crippen LogP contribution in [0.15, 0.2) is 40.8 Å². The minimum absolute atomic E-state index is 0.429.